The van der Waals surface area contributed by atoms with Gasteiger partial charge in [-0.15, -0.1) is 0 Å². The lowest BCUT2D eigenvalue weighted by Gasteiger charge is -2.31. The maximum atomic E-state index is 12.3. The second kappa shape index (κ2) is 8.76. The zero-order valence-electron chi connectivity index (χ0n) is 13.5. The van der Waals surface area contributed by atoms with Crippen LogP contribution in [0.1, 0.15) is 23.2 Å². The van der Waals surface area contributed by atoms with Gasteiger partial charge in [0.2, 0.25) is 0 Å². The molecule has 5 nitrogen and oxygen atoms in total. The number of rotatable bonds is 7. The second-order valence-electron chi connectivity index (χ2n) is 5.69. The number of hydrogen-bond acceptors (Lipinski definition) is 4. The number of carbonyl (C=O) groups excluding carboxylic acids is 1. The Hall–Kier alpha value is -1.59. The first kappa shape index (κ1) is 16.8. The number of benzene rings is 1. The maximum Gasteiger partial charge on any atom is 0.255 e. The molecule has 1 aliphatic heterocycles. The SMILES string of the molecule is COCCN1CCC(CNC(=O)c2ccccc2OC)CC1. The molecule has 0 saturated carbocycles. The van der Waals surface area contributed by atoms with Gasteiger partial charge in [0.1, 0.15) is 5.75 Å². The molecule has 122 valence electrons. The van der Waals surface area contributed by atoms with Crippen molar-refractivity contribution >= 4 is 5.91 Å². The minimum absolute atomic E-state index is 0.0562. The van der Waals surface area contributed by atoms with Gasteiger partial charge in [0.15, 0.2) is 0 Å². The highest BCUT2D eigenvalue weighted by molar-refractivity contribution is 5.96. The van der Waals surface area contributed by atoms with Crippen molar-refractivity contribution in [3.8, 4) is 5.75 Å². The molecule has 0 aliphatic carbocycles. The summed E-state index contributed by atoms with van der Waals surface area (Å²) in [5, 5.41) is 3.04. The van der Waals surface area contributed by atoms with Crippen LogP contribution in [0.4, 0.5) is 0 Å². The van der Waals surface area contributed by atoms with Crippen LogP contribution in [0.2, 0.25) is 0 Å². The summed E-state index contributed by atoms with van der Waals surface area (Å²) in [5.41, 5.74) is 0.600. The van der Waals surface area contributed by atoms with Crippen molar-refractivity contribution in [1.29, 1.82) is 0 Å². The zero-order valence-corrected chi connectivity index (χ0v) is 13.5. The van der Waals surface area contributed by atoms with Crippen LogP contribution >= 0.6 is 0 Å². The molecule has 0 radical (unpaired) electrons. The van der Waals surface area contributed by atoms with Crippen LogP contribution in [-0.4, -0.2) is 57.8 Å². The summed E-state index contributed by atoms with van der Waals surface area (Å²) in [6.07, 6.45) is 2.24. The van der Waals surface area contributed by atoms with Crippen LogP contribution in [0.3, 0.4) is 0 Å². The molecule has 2 rings (SSSR count). The summed E-state index contributed by atoms with van der Waals surface area (Å²) < 4.78 is 10.3. The minimum atomic E-state index is -0.0562. The van der Waals surface area contributed by atoms with Crippen LogP contribution in [0.15, 0.2) is 24.3 Å². The van der Waals surface area contributed by atoms with Crippen LogP contribution < -0.4 is 10.1 Å². The lowest BCUT2D eigenvalue weighted by atomic mass is 9.96. The molecule has 1 aromatic rings. The molecule has 1 aliphatic rings. The molecule has 1 N–H and O–H groups in total. The Balaban J connectivity index is 1.76. The molecule has 0 aromatic heterocycles. The summed E-state index contributed by atoms with van der Waals surface area (Å²) >= 11 is 0. The number of amides is 1. The van der Waals surface area contributed by atoms with Crippen molar-refractivity contribution in [2.45, 2.75) is 12.8 Å². The smallest absolute Gasteiger partial charge is 0.255 e. The highest BCUT2D eigenvalue weighted by Crippen LogP contribution is 2.19. The van der Waals surface area contributed by atoms with Crippen molar-refractivity contribution in [2.24, 2.45) is 5.92 Å². The summed E-state index contributed by atoms with van der Waals surface area (Å²) in [6.45, 7) is 4.68. The van der Waals surface area contributed by atoms with Crippen LogP contribution in [0.5, 0.6) is 5.75 Å². The Kier molecular flexibility index (Phi) is 6.68. The molecule has 0 unspecified atom stereocenters. The van der Waals surface area contributed by atoms with Gasteiger partial charge in [-0.3, -0.25) is 4.79 Å². The van der Waals surface area contributed by atoms with E-state index >= 15 is 0 Å². The topological polar surface area (TPSA) is 50.8 Å². The standard InChI is InChI=1S/C17H26N2O3/c1-21-12-11-19-9-7-14(8-10-19)13-18-17(20)15-5-3-4-6-16(15)22-2/h3-6,14H,7-13H2,1-2H3,(H,18,20). The number of likely N-dealkylation sites (tertiary alicyclic amines) is 1. The van der Waals surface area contributed by atoms with Gasteiger partial charge in [-0.2, -0.15) is 0 Å². The molecular formula is C17H26N2O3. The Labute approximate surface area is 132 Å². The predicted octanol–water partition coefficient (Wildman–Crippen LogP) is 1.78. The van der Waals surface area contributed by atoms with Gasteiger partial charge in [-0.1, -0.05) is 12.1 Å². The van der Waals surface area contributed by atoms with E-state index in [1.165, 1.54) is 0 Å². The Morgan fingerprint density at radius 1 is 1.27 bits per heavy atom. The van der Waals surface area contributed by atoms with E-state index in [1.807, 2.05) is 18.2 Å². The number of nitrogens with one attached hydrogen (secondary N) is 1. The largest absolute Gasteiger partial charge is 0.496 e. The Bertz CT molecular complexity index is 471. The number of ether oxygens (including phenoxy) is 2. The summed E-state index contributed by atoms with van der Waals surface area (Å²) in [7, 11) is 3.32. The Morgan fingerprint density at radius 2 is 2.00 bits per heavy atom. The fourth-order valence-corrected chi connectivity index (χ4v) is 2.80. The van der Waals surface area contributed by atoms with Gasteiger partial charge in [-0.05, 0) is 44.0 Å². The number of piperidine rings is 1. The zero-order chi connectivity index (χ0) is 15.8. The van der Waals surface area contributed by atoms with Crippen LogP contribution in [0, 0.1) is 5.92 Å². The van der Waals surface area contributed by atoms with E-state index in [0.29, 0.717) is 17.2 Å². The quantitative estimate of drug-likeness (QED) is 0.834. The molecule has 0 bridgehead atoms. The second-order valence-corrected chi connectivity index (χ2v) is 5.69. The van der Waals surface area contributed by atoms with E-state index in [1.54, 1.807) is 20.3 Å². The first-order valence-corrected chi connectivity index (χ1v) is 7.87. The van der Waals surface area contributed by atoms with Gasteiger partial charge in [0, 0.05) is 20.2 Å². The normalized spacial score (nSPS) is 16.5. The summed E-state index contributed by atoms with van der Waals surface area (Å²) in [6, 6.07) is 7.32. The van der Waals surface area contributed by atoms with Crippen LogP contribution in [0.25, 0.3) is 0 Å². The molecule has 5 heteroatoms. The Morgan fingerprint density at radius 3 is 2.68 bits per heavy atom. The molecule has 1 heterocycles. The van der Waals surface area contributed by atoms with E-state index in [2.05, 4.69) is 10.2 Å². The molecule has 1 saturated heterocycles. The molecule has 1 fully saturated rings. The third kappa shape index (κ3) is 4.71. The first-order chi connectivity index (χ1) is 10.7. The van der Waals surface area contributed by atoms with Gasteiger partial charge >= 0.3 is 0 Å². The number of hydrogen-bond donors (Lipinski definition) is 1. The monoisotopic (exact) mass is 306 g/mol. The van der Waals surface area contributed by atoms with Crippen molar-refractivity contribution in [3.63, 3.8) is 0 Å². The highest BCUT2D eigenvalue weighted by Gasteiger charge is 2.20. The van der Waals surface area contributed by atoms with Crippen LogP contribution in [-0.2, 0) is 4.74 Å². The third-order valence-electron chi connectivity index (χ3n) is 4.22. The lowest BCUT2D eigenvalue weighted by Crippen LogP contribution is -2.39. The summed E-state index contributed by atoms with van der Waals surface area (Å²) in [4.78, 5) is 14.7. The molecule has 0 atom stereocenters. The van der Waals surface area contributed by atoms with E-state index in [-0.39, 0.29) is 5.91 Å². The number of nitrogens with zero attached hydrogens (tertiary/aromatic N) is 1. The van der Waals surface area contributed by atoms with E-state index < -0.39 is 0 Å². The number of carbonyl (C=O) groups is 1. The number of methoxy groups -OCH3 is 2. The van der Waals surface area contributed by atoms with Gasteiger partial charge < -0.3 is 19.7 Å². The molecule has 1 amide bonds. The minimum Gasteiger partial charge on any atom is -0.496 e. The van der Waals surface area contributed by atoms with E-state index in [4.69, 9.17) is 9.47 Å². The van der Waals surface area contributed by atoms with Crippen molar-refractivity contribution < 1.29 is 14.3 Å². The van der Waals surface area contributed by atoms with Gasteiger partial charge in [0.05, 0.1) is 19.3 Å². The fraction of sp³-hybridized carbons (Fsp3) is 0.588. The van der Waals surface area contributed by atoms with Gasteiger partial charge in [0.25, 0.3) is 5.91 Å². The number of para-hydroxylation sites is 1. The van der Waals surface area contributed by atoms with Crippen molar-refractivity contribution in [1.82, 2.24) is 10.2 Å². The summed E-state index contributed by atoms with van der Waals surface area (Å²) in [5.74, 6) is 1.12. The van der Waals surface area contributed by atoms with E-state index in [0.717, 1.165) is 45.6 Å². The molecular weight excluding hydrogens is 280 g/mol. The first-order valence-electron chi connectivity index (χ1n) is 7.87. The van der Waals surface area contributed by atoms with Crippen molar-refractivity contribution in [3.05, 3.63) is 29.8 Å². The third-order valence-corrected chi connectivity index (χ3v) is 4.22. The van der Waals surface area contributed by atoms with E-state index in [9.17, 15) is 4.79 Å². The highest BCUT2D eigenvalue weighted by atomic mass is 16.5. The fourth-order valence-electron chi connectivity index (χ4n) is 2.80. The average molecular weight is 306 g/mol. The molecule has 1 aromatic carbocycles. The van der Waals surface area contributed by atoms with Gasteiger partial charge in [-0.25, -0.2) is 0 Å². The molecule has 22 heavy (non-hydrogen) atoms. The lowest BCUT2D eigenvalue weighted by molar-refractivity contribution is 0.0923. The maximum absolute atomic E-state index is 12.3. The average Bonchev–Trinajstić information content (AvgIpc) is 2.58. The molecule has 0 spiro atoms. The predicted molar refractivity (Wildman–Crippen MR) is 86.4 cm³/mol. The van der Waals surface area contributed by atoms with Crippen molar-refractivity contribution in [2.75, 3.05) is 47.0 Å².